The Morgan fingerprint density at radius 2 is 1.70 bits per heavy atom. The van der Waals surface area contributed by atoms with Crippen molar-refractivity contribution in [3.8, 4) is 5.69 Å². The van der Waals surface area contributed by atoms with Gasteiger partial charge in [0.15, 0.2) is 0 Å². The van der Waals surface area contributed by atoms with Crippen molar-refractivity contribution in [1.29, 1.82) is 0 Å². The van der Waals surface area contributed by atoms with Gasteiger partial charge in [0.05, 0.1) is 23.6 Å². The quantitative estimate of drug-likeness (QED) is 0.539. The number of para-hydroxylation sites is 1. The molecule has 0 spiro atoms. The Morgan fingerprint density at radius 1 is 0.933 bits per heavy atom. The van der Waals surface area contributed by atoms with Crippen LogP contribution < -0.4 is 9.80 Å². The van der Waals surface area contributed by atoms with Crippen molar-refractivity contribution in [2.45, 2.75) is 0 Å². The number of halogens is 1. The summed E-state index contributed by atoms with van der Waals surface area (Å²) in [4.78, 5) is 30.8. The van der Waals surface area contributed by atoms with Crippen molar-refractivity contribution < 1.29 is 9.59 Å². The van der Waals surface area contributed by atoms with Crippen molar-refractivity contribution in [2.75, 3.05) is 42.6 Å². The third-order valence-corrected chi connectivity index (χ3v) is 6.06. The first kappa shape index (κ1) is 18.9. The van der Waals surface area contributed by atoms with E-state index in [1.807, 2.05) is 42.5 Å². The summed E-state index contributed by atoms with van der Waals surface area (Å²) in [7, 11) is 0. The van der Waals surface area contributed by atoms with E-state index in [2.05, 4.69) is 41.3 Å². The third-order valence-electron chi connectivity index (χ3n) is 5.40. The zero-order valence-electron chi connectivity index (χ0n) is 16.0. The van der Waals surface area contributed by atoms with E-state index in [-0.39, 0.29) is 0 Å². The molecule has 0 radical (unpaired) electrons. The van der Waals surface area contributed by atoms with Crippen molar-refractivity contribution in [2.24, 2.45) is 0 Å². The Balaban J connectivity index is 1.28. The lowest BCUT2D eigenvalue weighted by molar-refractivity contribution is -0.114. The highest BCUT2D eigenvalue weighted by Crippen LogP contribution is 2.34. The number of amides is 1. The lowest BCUT2D eigenvalue weighted by atomic mass is 10.1. The number of piperazine rings is 1. The van der Waals surface area contributed by atoms with Gasteiger partial charge in [0, 0.05) is 30.7 Å². The number of rotatable bonds is 4. The number of carbonyl (C=O) groups excluding carboxylic acids is 2. The van der Waals surface area contributed by atoms with Gasteiger partial charge >= 0.3 is 5.91 Å². The molecular weight excluding hydrogens is 450 g/mol. The summed E-state index contributed by atoms with van der Waals surface area (Å²) in [6.07, 6.45) is 0. The molecule has 0 N–H and O–H groups in total. The van der Waals surface area contributed by atoms with Crippen LogP contribution in [0.5, 0.6) is 0 Å². The molecule has 30 heavy (non-hydrogen) atoms. The number of hydrogen-bond donors (Lipinski definition) is 0. The molecule has 0 bridgehead atoms. The van der Waals surface area contributed by atoms with Gasteiger partial charge < -0.3 is 4.90 Å². The van der Waals surface area contributed by atoms with Gasteiger partial charge in [0.2, 0.25) is 5.95 Å². The second-order valence-electron chi connectivity index (χ2n) is 7.17. The number of carbonyl (C=O) groups is 2. The molecule has 1 aromatic heterocycles. The van der Waals surface area contributed by atoms with Gasteiger partial charge in [0.25, 0.3) is 5.78 Å². The number of Topliss-reactive ketones (excluding diaryl/α,β-unsaturated/α-hetero) is 1. The first-order valence-electron chi connectivity index (χ1n) is 9.59. The lowest BCUT2D eigenvalue weighted by Gasteiger charge is -2.36. The number of aromatic nitrogens is 4. The van der Waals surface area contributed by atoms with E-state index in [9.17, 15) is 9.59 Å². The summed E-state index contributed by atoms with van der Waals surface area (Å²) in [5, 5.41) is 12.2. The van der Waals surface area contributed by atoms with E-state index in [0.717, 1.165) is 18.8 Å². The maximum absolute atomic E-state index is 12.5. The van der Waals surface area contributed by atoms with Crippen LogP contribution in [-0.4, -0.2) is 69.6 Å². The molecule has 0 saturated carbocycles. The minimum atomic E-state index is -0.479. The molecule has 5 rings (SSSR count). The summed E-state index contributed by atoms with van der Waals surface area (Å²) in [6.45, 7) is 3.26. The molecule has 1 saturated heterocycles. The molecular formula is C20H18BrN7O2. The van der Waals surface area contributed by atoms with Gasteiger partial charge in [-0.1, -0.05) is 29.4 Å². The number of hydrogen-bond acceptors (Lipinski definition) is 7. The molecule has 2 aromatic carbocycles. The van der Waals surface area contributed by atoms with E-state index in [4.69, 9.17) is 0 Å². The van der Waals surface area contributed by atoms with Crippen molar-refractivity contribution >= 4 is 39.3 Å². The van der Waals surface area contributed by atoms with Crippen LogP contribution >= 0.6 is 15.9 Å². The second-order valence-corrected chi connectivity index (χ2v) is 8.02. The second kappa shape index (κ2) is 7.62. The minimum absolute atomic E-state index is 0.380. The first-order chi connectivity index (χ1) is 14.6. The van der Waals surface area contributed by atoms with Crippen LogP contribution in [0.15, 0.2) is 53.0 Å². The Morgan fingerprint density at radius 3 is 2.47 bits per heavy atom. The maximum Gasteiger partial charge on any atom is 0.300 e. The molecule has 0 aliphatic carbocycles. The van der Waals surface area contributed by atoms with Gasteiger partial charge in [-0.15, -0.1) is 0 Å². The van der Waals surface area contributed by atoms with Crippen LogP contribution in [0.3, 0.4) is 0 Å². The van der Waals surface area contributed by atoms with Gasteiger partial charge in [-0.25, -0.2) is 0 Å². The Kier molecular flexibility index (Phi) is 4.80. The molecule has 1 fully saturated rings. The monoisotopic (exact) mass is 467 g/mol. The summed E-state index contributed by atoms with van der Waals surface area (Å²) >= 11 is 3.38. The topological polar surface area (TPSA) is 87.5 Å². The number of fused-ring (bicyclic) bond motifs is 1. The maximum atomic E-state index is 12.5. The SMILES string of the molecule is O=C1C(=O)N(CN2CCN(c3nnnn3-c3ccccc3)CC2)c2cccc(Br)c21. The largest absolute Gasteiger partial charge is 0.337 e. The summed E-state index contributed by atoms with van der Waals surface area (Å²) in [6, 6.07) is 15.2. The molecule has 1 amide bonds. The van der Waals surface area contributed by atoms with Gasteiger partial charge in [0.1, 0.15) is 0 Å². The molecule has 3 heterocycles. The lowest BCUT2D eigenvalue weighted by Crippen LogP contribution is -2.51. The first-order valence-corrected chi connectivity index (χ1v) is 10.4. The molecule has 0 unspecified atom stereocenters. The van der Waals surface area contributed by atoms with Crippen LogP contribution in [0.4, 0.5) is 11.6 Å². The average Bonchev–Trinajstić information content (AvgIpc) is 3.35. The molecule has 10 heteroatoms. The molecule has 2 aliphatic rings. The number of ketones is 1. The van der Waals surface area contributed by atoms with Crippen molar-refractivity contribution in [3.05, 3.63) is 58.6 Å². The highest BCUT2D eigenvalue weighted by Gasteiger charge is 2.38. The van der Waals surface area contributed by atoms with E-state index in [1.54, 1.807) is 15.6 Å². The highest BCUT2D eigenvalue weighted by molar-refractivity contribution is 9.10. The zero-order valence-corrected chi connectivity index (χ0v) is 17.6. The van der Waals surface area contributed by atoms with Crippen molar-refractivity contribution in [3.63, 3.8) is 0 Å². The Labute approximate surface area is 181 Å². The minimum Gasteiger partial charge on any atom is -0.337 e. The van der Waals surface area contributed by atoms with Crippen molar-refractivity contribution in [1.82, 2.24) is 25.1 Å². The smallest absolute Gasteiger partial charge is 0.300 e. The highest BCUT2D eigenvalue weighted by atomic mass is 79.9. The number of anilines is 2. The standard InChI is InChI=1S/C20H18BrN7O2/c21-15-7-4-8-16-17(15)18(29)19(30)27(16)13-25-9-11-26(12-10-25)20-22-23-24-28(20)14-5-2-1-3-6-14/h1-8H,9-13H2. The van der Waals surface area contributed by atoms with E-state index in [0.29, 0.717) is 41.4 Å². The van der Waals surface area contributed by atoms with Crippen LogP contribution in [0.25, 0.3) is 5.69 Å². The number of benzene rings is 2. The number of nitrogens with zero attached hydrogens (tertiary/aromatic N) is 7. The fourth-order valence-corrected chi connectivity index (χ4v) is 4.38. The van der Waals surface area contributed by atoms with Gasteiger partial charge in [-0.05, 0) is 50.6 Å². The predicted octanol–water partition coefficient (Wildman–Crippen LogP) is 1.73. The van der Waals surface area contributed by atoms with E-state index in [1.165, 1.54) is 0 Å². The molecule has 9 nitrogen and oxygen atoms in total. The zero-order chi connectivity index (χ0) is 20.7. The third kappa shape index (κ3) is 3.17. The van der Waals surface area contributed by atoms with Crippen LogP contribution in [0.1, 0.15) is 10.4 Å². The average molecular weight is 468 g/mol. The molecule has 152 valence electrons. The normalized spacial score (nSPS) is 17.0. The van der Waals surface area contributed by atoms with Crippen LogP contribution in [0, 0.1) is 0 Å². The fourth-order valence-electron chi connectivity index (χ4n) is 3.85. The Bertz CT molecular complexity index is 1110. The van der Waals surface area contributed by atoms with Gasteiger partial charge in [-0.3, -0.25) is 19.4 Å². The van der Waals surface area contributed by atoms with Crippen LogP contribution in [0.2, 0.25) is 0 Å². The molecule has 0 atom stereocenters. The van der Waals surface area contributed by atoms with Crippen LogP contribution in [-0.2, 0) is 4.79 Å². The predicted molar refractivity (Wildman–Crippen MR) is 114 cm³/mol. The van der Waals surface area contributed by atoms with Gasteiger partial charge in [-0.2, -0.15) is 4.68 Å². The molecule has 2 aliphatic heterocycles. The fraction of sp³-hybridized carbons (Fsp3) is 0.250. The summed E-state index contributed by atoms with van der Waals surface area (Å²) in [5.74, 6) is -0.243. The summed E-state index contributed by atoms with van der Waals surface area (Å²) in [5.41, 5.74) is 2.02. The number of tetrazole rings is 1. The summed E-state index contributed by atoms with van der Waals surface area (Å²) < 4.78 is 2.38. The van der Waals surface area contributed by atoms with E-state index < -0.39 is 11.7 Å². The Hall–Kier alpha value is -3.11. The van der Waals surface area contributed by atoms with E-state index >= 15 is 0 Å². The molecule has 3 aromatic rings.